The molecule has 0 spiro atoms. The van der Waals surface area contributed by atoms with Crippen molar-refractivity contribution in [2.24, 2.45) is 0 Å². The number of nitrogens with zero attached hydrogens (tertiary/aromatic N) is 2. The van der Waals surface area contributed by atoms with E-state index in [1.807, 2.05) is 47.8 Å². The van der Waals surface area contributed by atoms with Gasteiger partial charge < -0.3 is 9.80 Å². The predicted octanol–water partition coefficient (Wildman–Crippen LogP) is 4.07. The summed E-state index contributed by atoms with van der Waals surface area (Å²) in [5.41, 5.74) is 1.05. The van der Waals surface area contributed by atoms with Crippen LogP contribution in [0.4, 0.5) is 0 Å². The maximum atomic E-state index is 13.0. The molecule has 26 heavy (non-hydrogen) atoms. The molecule has 2 aromatic rings. The number of benzene rings is 1. The van der Waals surface area contributed by atoms with Crippen molar-refractivity contribution in [2.75, 3.05) is 6.54 Å². The van der Waals surface area contributed by atoms with Crippen molar-refractivity contribution in [3.8, 4) is 0 Å². The maximum Gasteiger partial charge on any atom is 0.256 e. The molecule has 3 rings (SSSR count). The second kappa shape index (κ2) is 8.89. The minimum atomic E-state index is -1.14. The minimum Gasteiger partial charge on any atom is -0.332 e. The van der Waals surface area contributed by atoms with Crippen molar-refractivity contribution in [2.45, 2.75) is 36.8 Å². The molecule has 0 atom stereocenters. The molecule has 4 nitrogen and oxygen atoms in total. The summed E-state index contributed by atoms with van der Waals surface area (Å²) in [4.78, 5) is 28.5. The van der Waals surface area contributed by atoms with E-state index >= 15 is 0 Å². The Kier molecular flexibility index (Phi) is 6.57. The number of halogens is 2. The molecule has 0 radical (unpaired) electrons. The number of thiophene rings is 1. The monoisotopic (exact) mass is 410 g/mol. The summed E-state index contributed by atoms with van der Waals surface area (Å²) in [6.07, 6.45) is 1.78. The molecule has 1 aliphatic carbocycles. The topological polar surface area (TPSA) is 40.6 Å². The third kappa shape index (κ3) is 5.22. The summed E-state index contributed by atoms with van der Waals surface area (Å²) in [6.45, 7) is 1.02. The summed E-state index contributed by atoms with van der Waals surface area (Å²) in [5.74, 6) is -0.489. The Balaban J connectivity index is 1.73. The largest absolute Gasteiger partial charge is 0.332 e. The second-order valence-electron chi connectivity index (χ2n) is 6.31. The molecule has 1 aliphatic rings. The van der Waals surface area contributed by atoms with Gasteiger partial charge in [-0.2, -0.15) is 0 Å². The summed E-state index contributed by atoms with van der Waals surface area (Å²) >= 11 is 13.1. The van der Waals surface area contributed by atoms with Crippen molar-refractivity contribution >= 4 is 46.4 Å². The highest BCUT2D eigenvalue weighted by Gasteiger charge is 2.36. The van der Waals surface area contributed by atoms with E-state index in [0.717, 1.165) is 23.3 Å². The van der Waals surface area contributed by atoms with E-state index in [1.165, 1.54) is 4.90 Å². The van der Waals surface area contributed by atoms with E-state index in [0.29, 0.717) is 13.1 Å². The average molecular weight is 411 g/mol. The van der Waals surface area contributed by atoms with Gasteiger partial charge in [-0.05, 0) is 29.9 Å². The molecule has 7 heteroatoms. The zero-order chi connectivity index (χ0) is 18.5. The van der Waals surface area contributed by atoms with Crippen molar-refractivity contribution in [1.29, 1.82) is 0 Å². The Morgan fingerprint density at radius 3 is 2.38 bits per heavy atom. The van der Waals surface area contributed by atoms with Crippen LogP contribution in [-0.2, 0) is 22.7 Å². The molecule has 0 aliphatic heterocycles. The van der Waals surface area contributed by atoms with Crippen LogP contribution in [0.5, 0.6) is 0 Å². The molecular formula is C19H20Cl2N2O2S. The summed E-state index contributed by atoms with van der Waals surface area (Å²) in [5, 5.41) is 1.99. The molecule has 2 amide bonds. The minimum absolute atomic E-state index is 0.0116. The molecule has 138 valence electrons. The molecule has 1 aromatic heterocycles. The van der Waals surface area contributed by atoms with Gasteiger partial charge in [0.15, 0.2) is 4.84 Å². The Morgan fingerprint density at radius 2 is 1.81 bits per heavy atom. The third-order valence-corrected chi connectivity index (χ3v) is 5.49. The van der Waals surface area contributed by atoms with Gasteiger partial charge >= 0.3 is 0 Å². The Bertz CT molecular complexity index is 733. The van der Waals surface area contributed by atoms with Crippen molar-refractivity contribution in [3.63, 3.8) is 0 Å². The fourth-order valence-electron chi connectivity index (χ4n) is 2.77. The van der Waals surface area contributed by atoms with E-state index in [4.69, 9.17) is 23.2 Å². The van der Waals surface area contributed by atoms with Gasteiger partial charge in [0.25, 0.3) is 5.91 Å². The van der Waals surface area contributed by atoms with Crippen LogP contribution in [0.25, 0.3) is 0 Å². The van der Waals surface area contributed by atoms with Gasteiger partial charge in [0.2, 0.25) is 5.91 Å². The number of carbonyl (C=O) groups is 2. The molecule has 0 N–H and O–H groups in total. The number of carbonyl (C=O) groups excluding carboxylic acids is 2. The highest BCUT2D eigenvalue weighted by Crippen LogP contribution is 2.29. The molecular weight excluding hydrogens is 391 g/mol. The van der Waals surface area contributed by atoms with Crippen LogP contribution >= 0.6 is 34.5 Å². The van der Waals surface area contributed by atoms with Crippen LogP contribution in [0.15, 0.2) is 47.8 Å². The fraction of sp³-hybridized carbons (Fsp3) is 0.368. The van der Waals surface area contributed by atoms with E-state index in [1.54, 1.807) is 16.2 Å². The van der Waals surface area contributed by atoms with Gasteiger partial charge in [0, 0.05) is 17.5 Å². The maximum absolute atomic E-state index is 13.0. The Hall–Kier alpha value is -1.56. The quantitative estimate of drug-likeness (QED) is 0.615. The molecule has 0 unspecified atom stereocenters. The predicted molar refractivity (Wildman–Crippen MR) is 105 cm³/mol. The van der Waals surface area contributed by atoms with Crippen LogP contribution in [0.1, 0.15) is 23.3 Å². The molecule has 1 heterocycles. The van der Waals surface area contributed by atoms with Crippen molar-refractivity contribution < 1.29 is 9.59 Å². The van der Waals surface area contributed by atoms with Gasteiger partial charge in [-0.3, -0.25) is 9.59 Å². The van der Waals surface area contributed by atoms with E-state index in [9.17, 15) is 9.59 Å². The van der Waals surface area contributed by atoms with Crippen molar-refractivity contribution in [1.82, 2.24) is 9.80 Å². The first-order valence-corrected chi connectivity index (χ1v) is 10.2. The van der Waals surface area contributed by atoms with E-state index in [2.05, 4.69) is 0 Å². The van der Waals surface area contributed by atoms with Gasteiger partial charge in [-0.1, -0.05) is 59.6 Å². The SMILES string of the molecule is O=C(CN(C(=O)C(Cl)Cl)C1CC1)N(Cc1ccccc1)Cc1cccs1. The molecule has 1 aromatic carbocycles. The number of alkyl halides is 2. The summed E-state index contributed by atoms with van der Waals surface area (Å²) in [6, 6.07) is 13.9. The Labute approximate surface area is 167 Å². The number of rotatable bonds is 8. The van der Waals surface area contributed by atoms with Crippen LogP contribution in [-0.4, -0.2) is 39.0 Å². The lowest BCUT2D eigenvalue weighted by atomic mass is 10.2. The highest BCUT2D eigenvalue weighted by atomic mass is 35.5. The lowest BCUT2D eigenvalue weighted by molar-refractivity contribution is -0.140. The summed E-state index contributed by atoms with van der Waals surface area (Å²) in [7, 11) is 0. The molecule has 0 bridgehead atoms. The number of amides is 2. The lowest BCUT2D eigenvalue weighted by Crippen LogP contribution is -2.45. The van der Waals surface area contributed by atoms with Gasteiger partial charge in [-0.15, -0.1) is 11.3 Å². The van der Waals surface area contributed by atoms with Gasteiger partial charge in [-0.25, -0.2) is 0 Å². The standard InChI is InChI=1S/C19H20Cl2N2O2S/c20-18(21)19(25)23(15-8-9-15)13-17(24)22(12-16-7-4-10-26-16)11-14-5-2-1-3-6-14/h1-7,10,15,18H,8-9,11-13H2. The van der Waals surface area contributed by atoms with Crippen LogP contribution in [0, 0.1) is 0 Å². The Morgan fingerprint density at radius 1 is 1.08 bits per heavy atom. The van der Waals surface area contributed by atoms with Gasteiger partial charge in [0.1, 0.15) is 6.54 Å². The molecule has 0 saturated heterocycles. The van der Waals surface area contributed by atoms with Crippen molar-refractivity contribution in [3.05, 3.63) is 58.3 Å². The first kappa shape index (κ1) is 19.2. The smallest absolute Gasteiger partial charge is 0.256 e. The fourth-order valence-corrected chi connectivity index (χ4v) is 3.74. The highest BCUT2D eigenvalue weighted by molar-refractivity contribution is 7.09. The first-order valence-electron chi connectivity index (χ1n) is 8.47. The van der Waals surface area contributed by atoms with Gasteiger partial charge in [0.05, 0.1) is 6.54 Å². The molecule has 1 saturated carbocycles. The summed E-state index contributed by atoms with van der Waals surface area (Å²) < 4.78 is 0. The average Bonchev–Trinajstić information content (AvgIpc) is 3.35. The third-order valence-electron chi connectivity index (χ3n) is 4.26. The number of hydrogen-bond acceptors (Lipinski definition) is 3. The first-order chi connectivity index (χ1) is 12.5. The lowest BCUT2D eigenvalue weighted by Gasteiger charge is -2.28. The normalized spacial score (nSPS) is 13.7. The number of hydrogen-bond donors (Lipinski definition) is 0. The second-order valence-corrected chi connectivity index (χ2v) is 8.44. The zero-order valence-corrected chi connectivity index (χ0v) is 16.5. The molecule has 1 fully saturated rings. The van der Waals surface area contributed by atoms with E-state index in [-0.39, 0.29) is 24.4 Å². The van der Waals surface area contributed by atoms with Crippen LogP contribution < -0.4 is 0 Å². The van der Waals surface area contributed by atoms with Crippen LogP contribution in [0.2, 0.25) is 0 Å². The van der Waals surface area contributed by atoms with E-state index < -0.39 is 4.84 Å². The zero-order valence-electron chi connectivity index (χ0n) is 14.2. The van der Waals surface area contributed by atoms with Crippen LogP contribution in [0.3, 0.4) is 0 Å².